The van der Waals surface area contributed by atoms with Crippen LogP contribution in [0.25, 0.3) is 17.2 Å². The Labute approximate surface area is 94.8 Å². The van der Waals surface area contributed by atoms with Crippen molar-refractivity contribution in [3.05, 3.63) is 65.9 Å². The molecule has 0 unspecified atom stereocenters. The molecule has 0 fully saturated rings. The van der Waals surface area contributed by atoms with Crippen molar-refractivity contribution in [3.8, 4) is 11.1 Å². The summed E-state index contributed by atoms with van der Waals surface area (Å²) < 4.78 is 0. The van der Waals surface area contributed by atoms with Crippen LogP contribution in [0.1, 0.15) is 11.1 Å². The molecule has 1 nitrogen and oxygen atoms in total. The molecule has 76 valence electrons. The molecule has 0 N–H and O–H groups in total. The van der Waals surface area contributed by atoms with E-state index in [2.05, 4.69) is 47.5 Å². The molecule has 2 aromatic carbocycles. The van der Waals surface area contributed by atoms with E-state index in [0.717, 1.165) is 0 Å². The van der Waals surface area contributed by atoms with E-state index in [9.17, 15) is 0 Å². The van der Waals surface area contributed by atoms with E-state index in [1.54, 1.807) is 0 Å². The van der Waals surface area contributed by atoms with Crippen molar-refractivity contribution in [2.75, 3.05) is 0 Å². The predicted molar refractivity (Wildman–Crippen MR) is 68.5 cm³/mol. The molecule has 0 amide bonds. The van der Waals surface area contributed by atoms with Crippen molar-refractivity contribution in [1.82, 2.24) is 0 Å². The van der Waals surface area contributed by atoms with Gasteiger partial charge in [-0.25, -0.2) is 0 Å². The molecule has 0 saturated carbocycles. The zero-order valence-corrected chi connectivity index (χ0v) is 8.80. The fraction of sp³-hybridized carbons (Fsp3) is 0. The van der Waals surface area contributed by atoms with Gasteiger partial charge in [-0.1, -0.05) is 48.5 Å². The van der Waals surface area contributed by atoms with E-state index in [-0.39, 0.29) is 0 Å². The van der Waals surface area contributed by atoms with Crippen molar-refractivity contribution in [3.63, 3.8) is 0 Å². The van der Waals surface area contributed by atoms with Gasteiger partial charge >= 0.3 is 0 Å². The minimum Gasteiger partial charge on any atom is -0.264 e. The van der Waals surface area contributed by atoms with Crippen LogP contribution in [0.4, 0.5) is 0 Å². The fourth-order valence-corrected chi connectivity index (χ4v) is 1.99. The van der Waals surface area contributed by atoms with Crippen LogP contribution in [-0.4, -0.2) is 6.21 Å². The second kappa shape index (κ2) is 3.78. The zero-order valence-electron chi connectivity index (χ0n) is 8.80. The summed E-state index contributed by atoms with van der Waals surface area (Å²) in [5.74, 6) is 0. The molecule has 0 bridgehead atoms. The van der Waals surface area contributed by atoms with Gasteiger partial charge in [0.05, 0.1) is 0 Å². The van der Waals surface area contributed by atoms with Crippen LogP contribution in [0.3, 0.4) is 0 Å². The summed E-state index contributed by atoms with van der Waals surface area (Å²) >= 11 is 0. The number of hydrogen-bond acceptors (Lipinski definition) is 1. The third kappa shape index (κ3) is 1.47. The van der Waals surface area contributed by atoms with Gasteiger partial charge in [0.25, 0.3) is 0 Å². The van der Waals surface area contributed by atoms with Crippen LogP contribution in [0.15, 0.2) is 59.7 Å². The summed E-state index contributed by atoms with van der Waals surface area (Å²) in [7, 11) is 0. The summed E-state index contributed by atoms with van der Waals surface area (Å²) in [6, 6.07) is 16.7. The minimum atomic E-state index is 1.17. The zero-order chi connectivity index (χ0) is 10.8. The van der Waals surface area contributed by atoms with E-state index >= 15 is 0 Å². The molecule has 0 radical (unpaired) electrons. The Hall–Kier alpha value is -2.15. The quantitative estimate of drug-likeness (QED) is 0.621. The third-order valence-electron chi connectivity index (χ3n) is 2.77. The van der Waals surface area contributed by atoms with E-state index in [1.807, 2.05) is 24.6 Å². The van der Waals surface area contributed by atoms with Crippen molar-refractivity contribution in [2.24, 2.45) is 4.99 Å². The Bertz CT molecular complexity index is 526. The van der Waals surface area contributed by atoms with Gasteiger partial charge in [-0.2, -0.15) is 0 Å². The first kappa shape index (κ1) is 9.10. The molecule has 1 aliphatic heterocycles. The monoisotopic (exact) mass is 205 g/mol. The van der Waals surface area contributed by atoms with Crippen LogP contribution in [0, 0.1) is 0 Å². The predicted octanol–water partition coefficient (Wildman–Crippen LogP) is 3.76. The van der Waals surface area contributed by atoms with Gasteiger partial charge in [-0.15, -0.1) is 0 Å². The lowest BCUT2D eigenvalue weighted by Crippen LogP contribution is -1.91. The summed E-state index contributed by atoms with van der Waals surface area (Å²) in [5.41, 5.74) is 4.89. The lowest BCUT2D eigenvalue weighted by Gasteiger charge is -2.10. The molecule has 0 spiro atoms. The Morgan fingerprint density at radius 2 is 1.31 bits per heavy atom. The van der Waals surface area contributed by atoms with Crippen LogP contribution in [-0.2, 0) is 0 Å². The van der Waals surface area contributed by atoms with Crippen molar-refractivity contribution in [1.29, 1.82) is 0 Å². The molecule has 2 aromatic rings. The largest absolute Gasteiger partial charge is 0.264 e. The standard InChI is InChI=1S/C15H11N/c1-3-7-14-12(5-1)9-10-16-11-13-6-2-4-8-15(13)14/h1-11H/b10-9-,12-9?,13-11?,15-14?,16-10?,16-11-. The number of fused-ring (bicyclic) bond motifs is 3. The molecule has 3 rings (SSSR count). The number of hydrogen-bond donors (Lipinski definition) is 0. The second-order valence-corrected chi connectivity index (χ2v) is 3.77. The molecule has 1 aliphatic rings. The topological polar surface area (TPSA) is 12.4 Å². The van der Waals surface area contributed by atoms with Crippen molar-refractivity contribution in [2.45, 2.75) is 0 Å². The summed E-state index contributed by atoms with van der Waals surface area (Å²) in [5, 5.41) is 0. The molecule has 1 heterocycles. The highest BCUT2D eigenvalue weighted by Gasteiger charge is 2.06. The maximum atomic E-state index is 4.27. The number of rotatable bonds is 0. The van der Waals surface area contributed by atoms with Gasteiger partial charge in [0, 0.05) is 18.0 Å². The molecule has 16 heavy (non-hydrogen) atoms. The Balaban J connectivity index is 2.34. The summed E-state index contributed by atoms with van der Waals surface area (Å²) in [6.07, 6.45) is 5.79. The third-order valence-corrected chi connectivity index (χ3v) is 2.77. The van der Waals surface area contributed by atoms with Crippen LogP contribution < -0.4 is 0 Å². The molecule has 0 saturated heterocycles. The number of aliphatic imine (C=N–C) groups is 1. The van der Waals surface area contributed by atoms with Crippen LogP contribution in [0.5, 0.6) is 0 Å². The van der Waals surface area contributed by atoms with Crippen LogP contribution >= 0.6 is 0 Å². The first-order valence-corrected chi connectivity index (χ1v) is 5.33. The maximum Gasteiger partial charge on any atom is 0.0346 e. The van der Waals surface area contributed by atoms with Crippen molar-refractivity contribution < 1.29 is 0 Å². The van der Waals surface area contributed by atoms with Gasteiger partial charge in [-0.3, -0.25) is 4.99 Å². The Morgan fingerprint density at radius 3 is 2.12 bits per heavy atom. The van der Waals surface area contributed by atoms with Gasteiger partial charge < -0.3 is 0 Å². The molecule has 0 aromatic heterocycles. The Kier molecular flexibility index (Phi) is 2.15. The highest BCUT2D eigenvalue weighted by Crippen LogP contribution is 2.28. The van der Waals surface area contributed by atoms with E-state index in [4.69, 9.17) is 0 Å². The molecule has 0 atom stereocenters. The lowest BCUT2D eigenvalue weighted by atomic mass is 9.95. The number of nitrogens with zero attached hydrogens (tertiary/aromatic N) is 1. The smallest absolute Gasteiger partial charge is 0.0346 e. The van der Waals surface area contributed by atoms with Gasteiger partial charge in [0.15, 0.2) is 0 Å². The molecular weight excluding hydrogens is 194 g/mol. The summed E-state index contributed by atoms with van der Waals surface area (Å²) in [6.45, 7) is 0. The maximum absolute atomic E-state index is 4.27. The SMILES string of the molecule is C1=C\c2ccccc2-c2ccccc2\C=N/1. The second-order valence-electron chi connectivity index (χ2n) is 3.77. The van der Waals surface area contributed by atoms with Crippen LogP contribution in [0.2, 0.25) is 0 Å². The van der Waals surface area contributed by atoms with Gasteiger partial charge in [-0.05, 0) is 22.8 Å². The first-order valence-electron chi connectivity index (χ1n) is 5.33. The normalized spacial score (nSPS) is 16.5. The average molecular weight is 205 g/mol. The molecular formula is C15H11N. The highest BCUT2D eigenvalue weighted by molar-refractivity contribution is 5.93. The number of benzene rings is 2. The van der Waals surface area contributed by atoms with Crippen molar-refractivity contribution >= 4 is 12.3 Å². The minimum absolute atomic E-state index is 1.17. The molecule has 1 heteroatoms. The molecule has 0 aliphatic carbocycles. The van der Waals surface area contributed by atoms with Gasteiger partial charge in [0.1, 0.15) is 0 Å². The average Bonchev–Trinajstić information content (AvgIpc) is 2.33. The van der Waals surface area contributed by atoms with E-state index in [0.29, 0.717) is 0 Å². The van der Waals surface area contributed by atoms with E-state index in [1.165, 1.54) is 22.3 Å². The Morgan fingerprint density at radius 1 is 0.688 bits per heavy atom. The van der Waals surface area contributed by atoms with Gasteiger partial charge in [0.2, 0.25) is 0 Å². The summed E-state index contributed by atoms with van der Waals surface area (Å²) in [4.78, 5) is 4.27. The lowest BCUT2D eigenvalue weighted by molar-refractivity contribution is 1.52. The van der Waals surface area contributed by atoms with E-state index < -0.39 is 0 Å². The highest BCUT2D eigenvalue weighted by atomic mass is 14.7. The fourth-order valence-electron chi connectivity index (χ4n) is 1.99. The first-order chi connectivity index (χ1) is 7.95.